The average molecular weight is 449 g/mol. The maximum Gasteiger partial charge on any atom is 0.263 e. The van der Waals surface area contributed by atoms with Gasteiger partial charge in [-0.15, -0.1) is 0 Å². The molecule has 5 nitrogen and oxygen atoms in total. The first-order valence-corrected chi connectivity index (χ1v) is 11.2. The number of quaternary nitrogens is 1. The van der Waals surface area contributed by atoms with Crippen LogP contribution in [0.4, 0.5) is 0 Å². The summed E-state index contributed by atoms with van der Waals surface area (Å²) in [6.07, 6.45) is 1.53. The third-order valence-corrected chi connectivity index (χ3v) is 6.14. The first-order chi connectivity index (χ1) is 15.7. The van der Waals surface area contributed by atoms with E-state index in [1.165, 1.54) is 22.2 Å². The number of halogens is 1. The van der Waals surface area contributed by atoms with Crippen LogP contribution < -0.4 is 4.90 Å². The normalized spacial score (nSPS) is 14.8. The van der Waals surface area contributed by atoms with Crippen molar-refractivity contribution in [3.05, 3.63) is 107 Å². The van der Waals surface area contributed by atoms with E-state index >= 15 is 0 Å². The molecule has 1 fully saturated rings. The largest absolute Gasteiger partial charge is 0.386 e. The van der Waals surface area contributed by atoms with Gasteiger partial charge in [0.15, 0.2) is 6.61 Å². The molecule has 32 heavy (non-hydrogen) atoms. The van der Waals surface area contributed by atoms with Gasteiger partial charge < -0.3 is 14.6 Å². The summed E-state index contributed by atoms with van der Waals surface area (Å²) in [6, 6.07) is 28.8. The van der Waals surface area contributed by atoms with Gasteiger partial charge in [0.05, 0.1) is 32.4 Å². The molecule has 0 aromatic heterocycles. The highest BCUT2D eigenvalue weighted by Gasteiger charge is 2.31. The molecule has 4 rings (SSSR count). The summed E-state index contributed by atoms with van der Waals surface area (Å²) < 4.78 is 0. The molecule has 1 amide bonds. The molecule has 3 aromatic rings. The standard InChI is InChI=1S/C26H26ClN3O2/c27-24-14-8-7-13-23(24)19-28-32-20-25(31)29-15-17-30(18-16-29)26(21-9-3-1-4-10-21)22-11-5-2-6-12-22/h1-14,19,26H,15-18,20H2/p+1/b28-19-. The van der Waals surface area contributed by atoms with Crippen molar-refractivity contribution in [3.63, 3.8) is 0 Å². The van der Waals surface area contributed by atoms with Gasteiger partial charge in [0, 0.05) is 21.7 Å². The highest BCUT2D eigenvalue weighted by atomic mass is 35.5. The Kier molecular flexibility index (Phi) is 7.54. The molecule has 164 valence electrons. The van der Waals surface area contributed by atoms with Crippen molar-refractivity contribution in [1.82, 2.24) is 4.90 Å². The van der Waals surface area contributed by atoms with Crippen LogP contribution in [0.3, 0.4) is 0 Å². The number of amides is 1. The Morgan fingerprint density at radius 1 is 0.938 bits per heavy atom. The second-order valence-corrected chi connectivity index (χ2v) is 8.23. The molecule has 0 bridgehead atoms. The van der Waals surface area contributed by atoms with Crippen LogP contribution >= 0.6 is 11.6 Å². The monoisotopic (exact) mass is 448 g/mol. The van der Waals surface area contributed by atoms with Crippen molar-refractivity contribution in [2.45, 2.75) is 6.04 Å². The quantitative estimate of drug-likeness (QED) is 0.445. The van der Waals surface area contributed by atoms with E-state index < -0.39 is 0 Å². The Labute approximate surface area is 193 Å². The van der Waals surface area contributed by atoms with Gasteiger partial charge in [0.2, 0.25) is 0 Å². The third-order valence-electron chi connectivity index (χ3n) is 5.79. The Balaban J connectivity index is 1.33. The Morgan fingerprint density at radius 3 is 2.09 bits per heavy atom. The summed E-state index contributed by atoms with van der Waals surface area (Å²) in [7, 11) is 0. The van der Waals surface area contributed by atoms with Crippen LogP contribution in [0, 0.1) is 0 Å². The lowest BCUT2D eigenvalue weighted by Gasteiger charge is -2.36. The Bertz CT molecular complexity index is 996. The fourth-order valence-corrected chi connectivity index (χ4v) is 4.33. The first kappa shape index (κ1) is 22.1. The number of hydrogen-bond donors (Lipinski definition) is 1. The van der Waals surface area contributed by atoms with Gasteiger partial charge in [-0.3, -0.25) is 4.79 Å². The number of nitrogens with zero attached hydrogens (tertiary/aromatic N) is 2. The summed E-state index contributed by atoms with van der Waals surface area (Å²) in [4.78, 5) is 21.1. The maximum atomic E-state index is 12.6. The van der Waals surface area contributed by atoms with Gasteiger partial charge in [-0.05, 0) is 6.07 Å². The smallest absolute Gasteiger partial charge is 0.263 e. The molecule has 1 N–H and O–H groups in total. The van der Waals surface area contributed by atoms with E-state index in [-0.39, 0.29) is 18.6 Å². The van der Waals surface area contributed by atoms with Crippen LogP contribution in [0.25, 0.3) is 0 Å². The Morgan fingerprint density at radius 2 is 1.50 bits per heavy atom. The van der Waals surface area contributed by atoms with E-state index in [0.29, 0.717) is 18.1 Å². The first-order valence-electron chi connectivity index (χ1n) is 10.8. The minimum Gasteiger partial charge on any atom is -0.386 e. The maximum absolute atomic E-state index is 12.6. The Hall–Kier alpha value is -3.15. The molecule has 1 aliphatic rings. The number of hydrogen-bond acceptors (Lipinski definition) is 3. The summed E-state index contributed by atoms with van der Waals surface area (Å²) in [5.74, 6) is -0.0451. The molecule has 1 heterocycles. The summed E-state index contributed by atoms with van der Waals surface area (Å²) >= 11 is 6.09. The van der Waals surface area contributed by atoms with Crippen molar-refractivity contribution in [2.75, 3.05) is 32.8 Å². The zero-order valence-electron chi connectivity index (χ0n) is 17.9. The molecule has 6 heteroatoms. The SMILES string of the molecule is O=C(CO/N=C\c1ccccc1Cl)N1CC[NH+](C(c2ccccc2)c2ccccc2)CC1. The number of rotatable bonds is 7. The fraction of sp³-hybridized carbons (Fsp3) is 0.231. The van der Waals surface area contributed by atoms with Crippen molar-refractivity contribution < 1.29 is 14.5 Å². The van der Waals surface area contributed by atoms with Gasteiger partial charge in [-0.2, -0.15) is 0 Å². The van der Waals surface area contributed by atoms with Gasteiger partial charge in [0.25, 0.3) is 5.91 Å². The molecule has 1 aliphatic heterocycles. The fourth-order valence-electron chi connectivity index (χ4n) is 4.14. The number of benzene rings is 3. The molecular formula is C26H27ClN3O2+. The van der Waals surface area contributed by atoms with E-state index in [0.717, 1.165) is 18.7 Å². The number of oxime groups is 1. The molecule has 0 radical (unpaired) electrons. The van der Waals surface area contributed by atoms with Crippen LogP contribution in [-0.4, -0.2) is 49.8 Å². The van der Waals surface area contributed by atoms with Gasteiger partial charge >= 0.3 is 0 Å². The second kappa shape index (κ2) is 10.9. The zero-order valence-corrected chi connectivity index (χ0v) is 18.6. The van der Waals surface area contributed by atoms with E-state index in [9.17, 15) is 4.79 Å². The van der Waals surface area contributed by atoms with Crippen molar-refractivity contribution in [1.29, 1.82) is 0 Å². The number of piperazine rings is 1. The number of carbonyl (C=O) groups excluding carboxylic acids is 1. The van der Waals surface area contributed by atoms with E-state index in [2.05, 4.69) is 53.7 Å². The van der Waals surface area contributed by atoms with E-state index in [1.54, 1.807) is 6.07 Å². The molecule has 3 aromatic carbocycles. The molecule has 0 atom stereocenters. The molecule has 1 saturated heterocycles. The van der Waals surface area contributed by atoms with Gasteiger partial charge in [0.1, 0.15) is 6.04 Å². The predicted octanol–water partition coefficient (Wildman–Crippen LogP) is 3.21. The molecular weight excluding hydrogens is 422 g/mol. The molecule has 0 aliphatic carbocycles. The lowest BCUT2D eigenvalue weighted by molar-refractivity contribution is -0.929. The van der Waals surface area contributed by atoms with E-state index in [1.807, 2.05) is 35.2 Å². The number of nitrogens with one attached hydrogen (secondary N) is 1. The van der Waals surface area contributed by atoms with Gasteiger partial charge in [-0.25, -0.2) is 0 Å². The van der Waals surface area contributed by atoms with Crippen molar-refractivity contribution in [3.8, 4) is 0 Å². The second-order valence-electron chi connectivity index (χ2n) is 7.82. The van der Waals surface area contributed by atoms with Crippen LogP contribution in [0.1, 0.15) is 22.7 Å². The lowest BCUT2D eigenvalue weighted by Crippen LogP contribution is -3.15. The van der Waals surface area contributed by atoms with Crippen molar-refractivity contribution >= 4 is 23.7 Å². The highest BCUT2D eigenvalue weighted by Crippen LogP contribution is 2.19. The van der Waals surface area contributed by atoms with Crippen LogP contribution in [-0.2, 0) is 9.63 Å². The minimum atomic E-state index is -0.0723. The van der Waals surface area contributed by atoms with Gasteiger partial charge in [-0.1, -0.05) is 95.6 Å². The van der Waals surface area contributed by atoms with Crippen molar-refractivity contribution in [2.24, 2.45) is 5.16 Å². The van der Waals surface area contributed by atoms with Crippen LogP contribution in [0.15, 0.2) is 90.1 Å². The van der Waals surface area contributed by atoms with Crippen LogP contribution in [0.2, 0.25) is 5.02 Å². The summed E-state index contributed by atoms with van der Waals surface area (Å²) in [5, 5.41) is 4.49. The summed E-state index contributed by atoms with van der Waals surface area (Å²) in [5.41, 5.74) is 3.35. The topological polar surface area (TPSA) is 46.3 Å². The molecule has 0 spiro atoms. The summed E-state index contributed by atoms with van der Waals surface area (Å²) in [6.45, 7) is 3.08. The molecule has 0 saturated carbocycles. The van der Waals surface area contributed by atoms with E-state index in [4.69, 9.17) is 16.4 Å². The average Bonchev–Trinajstić information content (AvgIpc) is 2.85. The lowest BCUT2D eigenvalue weighted by atomic mass is 9.96. The van der Waals surface area contributed by atoms with Crippen LogP contribution in [0.5, 0.6) is 0 Å². The zero-order chi connectivity index (χ0) is 22.2. The third kappa shape index (κ3) is 5.55. The molecule has 0 unspecified atom stereocenters. The predicted molar refractivity (Wildman–Crippen MR) is 127 cm³/mol. The minimum absolute atomic E-state index is 0.0451. The highest BCUT2D eigenvalue weighted by molar-refractivity contribution is 6.33. The number of carbonyl (C=O) groups is 1.